The Morgan fingerprint density at radius 3 is 2.74 bits per heavy atom. The first-order valence-corrected chi connectivity index (χ1v) is 5.50. The summed E-state index contributed by atoms with van der Waals surface area (Å²) >= 11 is 0. The molecule has 8 heteroatoms. The molecule has 0 saturated carbocycles. The molecular formula is C11H15N3O5. The van der Waals surface area contributed by atoms with Crippen molar-refractivity contribution in [3.63, 3.8) is 0 Å². The van der Waals surface area contributed by atoms with Crippen molar-refractivity contribution in [3.8, 4) is 5.88 Å². The number of nitrogens with zero attached hydrogens (tertiary/aromatic N) is 2. The number of carbonyl (C=O) groups excluding carboxylic acids is 1. The van der Waals surface area contributed by atoms with E-state index in [9.17, 15) is 14.9 Å². The third-order valence-corrected chi connectivity index (χ3v) is 2.43. The molecule has 0 radical (unpaired) electrons. The van der Waals surface area contributed by atoms with E-state index in [1.165, 1.54) is 26.4 Å². The Bertz CT molecular complexity index is 477. The summed E-state index contributed by atoms with van der Waals surface area (Å²) in [6, 6.07) is 2.68. The molecule has 8 nitrogen and oxygen atoms in total. The van der Waals surface area contributed by atoms with Crippen LogP contribution in [0.3, 0.4) is 0 Å². The highest BCUT2D eigenvalue weighted by Crippen LogP contribution is 2.24. The summed E-state index contributed by atoms with van der Waals surface area (Å²) < 4.78 is 9.46. The van der Waals surface area contributed by atoms with Crippen molar-refractivity contribution in [2.75, 3.05) is 26.1 Å². The second kappa shape index (κ2) is 6.53. The summed E-state index contributed by atoms with van der Waals surface area (Å²) in [5, 5.41) is 13.6. The molecular weight excluding hydrogens is 254 g/mol. The van der Waals surface area contributed by atoms with Gasteiger partial charge >= 0.3 is 11.7 Å². The summed E-state index contributed by atoms with van der Waals surface area (Å²) in [6.07, 6.45) is 0. The number of rotatable bonds is 6. The summed E-state index contributed by atoms with van der Waals surface area (Å²) in [5.41, 5.74) is -0.183. The van der Waals surface area contributed by atoms with Gasteiger partial charge in [0.25, 0.3) is 0 Å². The Morgan fingerprint density at radius 1 is 1.53 bits per heavy atom. The lowest BCUT2D eigenvalue weighted by molar-refractivity contribution is -0.384. The Balaban J connectivity index is 2.86. The van der Waals surface area contributed by atoms with E-state index in [1.54, 1.807) is 6.92 Å². The lowest BCUT2D eigenvalue weighted by Crippen LogP contribution is -2.22. The average Bonchev–Trinajstić information content (AvgIpc) is 2.43. The topological polar surface area (TPSA) is 104 Å². The molecule has 0 bridgehead atoms. The highest BCUT2D eigenvalue weighted by atomic mass is 16.6. The minimum Gasteiger partial charge on any atom is -0.481 e. The maximum absolute atomic E-state index is 11.2. The van der Waals surface area contributed by atoms with Gasteiger partial charge in [-0.25, -0.2) is 0 Å². The van der Waals surface area contributed by atoms with Crippen molar-refractivity contribution in [3.05, 3.63) is 22.2 Å². The van der Waals surface area contributed by atoms with Gasteiger partial charge in [-0.05, 0) is 0 Å². The molecule has 0 fully saturated rings. The molecule has 0 aliphatic rings. The van der Waals surface area contributed by atoms with E-state index >= 15 is 0 Å². The van der Waals surface area contributed by atoms with E-state index in [0.717, 1.165) is 0 Å². The average molecular weight is 269 g/mol. The Hall–Kier alpha value is -2.38. The summed E-state index contributed by atoms with van der Waals surface area (Å²) in [6.45, 7) is 1.82. The molecule has 1 aromatic heterocycles. The van der Waals surface area contributed by atoms with Crippen LogP contribution in [0.1, 0.15) is 6.92 Å². The second-order valence-electron chi connectivity index (χ2n) is 3.78. The minimum atomic E-state index is -0.558. The van der Waals surface area contributed by atoms with Gasteiger partial charge in [-0.3, -0.25) is 14.9 Å². The number of nitro groups is 1. The number of pyridine rings is 1. The molecule has 0 spiro atoms. The first kappa shape index (κ1) is 14.7. The number of carbonyl (C=O) groups is 1. The zero-order valence-electron chi connectivity index (χ0n) is 10.9. The Kier molecular flexibility index (Phi) is 5.04. The monoisotopic (exact) mass is 269 g/mol. The molecule has 1 heterocycles. The van der Waals surface area contributed by atoms with Crippen molar-refractivity contribution < 1.29 is 19.2 Å². The van der Waals surface area contributed by atoms with Gasteiger partial charge in [-0.2, -0.15) is 4.98 Å². The van der Waals surface area contributed by atoms with Crippen LogP contribution >= 0.6 is 0 Å². The lowest BCUT2D eigenvalue weighted by Gasteiger charge is -2.11. The van der Waals surface area contributed by atoms with Gasteiger partial charge in [-0.15, -0.1) is 0 Å². The van der Waals surface area contributed by atoms with Gasteiger partial charge < -0.3 is 14.8 Å². The summed E-state index contributed by atoms with van der Waals surface area (Å²) in [4.78, 5) is 25.5. The molecule has 1 atom stereocenters. The van der Waals surface area contributed by atoms with E-state index in [0.29, 0.717) is 0 Å². The number of methoxy groups -OCH3 is 2. The molecule has 1 aromatic rings. The number of aromatic nitrogens is 1. The number of anilines is 1. The van der Waals surface area contributed by atoms with E-state index in [-0.39, 0.29) is 23.9 Å². The zero-order valence-corrected chi connectivity index (χ0v) is 10.9. The lowest BCUT2D eigenvalue weighted by atomic mass is 10.2. The number of hydrogen-bond acceptors (Lipinski definition) is 7. The first-order chi connectivity index (χ1) is 8.99. The van der Waals surface area contributed by atoms with Crippen LogP contribution < -0.4 is 10.1 Å². The first-order valence-electron chi connectivity index (χ1n) is 5.50. The van der Waals surface area contributed by atoms with Crippen LogP contribution in [0.25, 0.3) is 0 Å². The van der Waals surface area contributed by atoms with Crippen LogP contribution in [0.5, 0.6) is 5.88 Å². The normalized spacial score (nSPS) is 11.5. The predicted molar refractivity (Wildman–Crippen MR) is 67.1 cm³/mol. The van der Waals surface area contributed by atoms with Gasteiger partial charge in [-0.1, -0.05) is 6.92 Å². The maximum Gasteiger partial charge on any atom is 0.311 e. The van der Waals surface area contributed by atoms with E-state index < -0.39 is 16.8 Å². The third-order valence-electron chi connectivity index (χ3n) is 2.43. The molecule has 0 aromatic carbocycles. The van der Waals surface area contributed by atoms with Crippen molar-refractivity contribution >= 4 is 17.5 Å². The maximum atomic E-state index is 11.2. The second-order valence-corrected chi connectivity index (χ2v) is 3.78. The highest BCUT2D eigenvalue weighted by Gasteiger charge is 2.19. The fraction of sp³-hybridized carbons (Fsp3) is 0.455. The van der Waals surface area contributed by atoms with Gasteiger partial charge in [0, 0.05) is 18.7 Å². The van der Waals surface area contributed by atoms with E-state index in [1.807, 2.05) is 0 Å². The van der Waals surface area contributed by atoms with Crippen LogP contribution in [0.2, 0.25) is 0 Å². The molecule has 19 heavy (non-hydrogen) atoms. The van der Waals surface area contributed by atoms with Crippen molar-refractivity contribution in [2.45, 2.75) is 6.92 Å². The standard InChI is InChI=1S/C11H15N3O5/c1-7(11(15)19-3)6-12-10-8(14(16)17)4-5-9(13-10)18-2/h4-5,7H,6H2,1-3H3,(H,12,13). The van der Waals surface area contributed by atoms with Crippen molar-refractivity contribution in [1.29, 1.82) is 0 Å². The molecule has 0 aliphatic carbocycles. The number of hydrogen-bond donors (Lipinski definition) is 1. The summed E-state index contributed by atoms with van der Waals surface area (Å²) in [5.74, 6) is -0.547. The number of ether oxygens (including phenoxy) is 2. The summed E-state index contributed by atoms with van der Waals surface area (Å²) in [7, 11) is 2.69. The number of esters is 1. The molecule has 0 saturated heterocycles. The Labute approximate surface area is 109 Å². The predicted octanol–water partition coefficient (Wildman–Crippen LogP) is 1.22. The van der Waals surface area contributed by atoms with Gasteiger partial charge in [0.1, 0.15) is 0 Å². The van der Waals surface area contributed by atoms with Gasteiger partial charge in [0.05, 0.1) is 25.1 Å². The minimum absolute atomic E-state index is 0.0557. The zero-order chi connectivity index (χ0) is 14.4. The van der Waals surface area contributed by atoms with Gasteiger partial charge in [0.15, 0.2) is 0 Å². The fourth-order valence-electron chi connectivity index (χ4n) is 1.36. The Morgan fingerprint density at radius 2 is 2.21 bits per heavy atom. The van der Waals surface area contributed by atoms with Crippen LogP contribution in [0, 0.1) is 16.0 Å². The van der Waals surface area contributed by atoms with Crippen molar-refractivity contribution in [2.24, 2.45) is 5.92 Å². The van der Waals surface area contributed by atoms with Crippen LogP contribution in [0.15, 0.2) is 12.1 Å². The largest absolute Gasteiger partial charge is 0.481 e. The smallest absolute Gasteiger partial charge is 0.311 e. The van der Waals surface area contributed by atoms with E-state index in [2.05, 4.69) is 15.0 Å². The van der Waals surface area contributed by atoms with Crippen LogP contribution in [-0.2, 0) is 9.53 Å². The highest BCUT2D eigenvalue weighted by molar-refractivity contribution is 5.72. The van der Waals surface area contributed by atoms with Crippen molar-refractivity contribution in [1.82, 2.24) is 4.98 Å². The van der Waals surface area contributed by atoms with E-state index in [4.69, 9.17) is 4.74 Å². The third kappa shape index (κ3) is 3.80. The molecule has 1 N–H and O–H groups in total. The molecule has 1 rings (SSSR count). The van der Waals surface area contributed by atoms with Crippen LogP contribution in [0.4, 0.5) is 11.5 Å². The van der Waals surface area contributed by atoms with Crippen LogP contribution in [-0.4, -0.2) is 36.6 Å². The molecule has 1 unspecified atom stereocenters. The SMILES string of the molecule is COC(=O)C(C)CNc1nc(OC)ccc1[N+](=O)[O-]. The molecule has 0 aliphatic heterocycles. The molecule has 104 valence electrons. The number of nitrogens with one attached hydrogen (secondary N) is 1. The van der Waals surface area contributed by atoms with Gasteiger partial charge in [0.2, 0.25) is 11.7 Å². The quantitative estimate of drug-likeness (QED) is 0.470. The fourth-order valence-corrected chi connectivity index (χ4v) is 1.36. The molecule has 0 amide bonds.